The zero-order valence-electron chi connectivity index (χ0n) is 19.3. The van der Waals surface area contributed by atoms with Crippen molar-refractivity contribution in [2.24, 2.45) is 0 Å². The van der Waals surface area contributed by atoms with Gasteiger partial charge in [-0.25, -0.2) is 9.97 Å². The molecule has 0 spiro atoms. The molecule has 2 aromatic carbocycles. The van der Waals surface area contributed by atoms with Gasteiger partial charge in [0, 0.05) is 41.4 Å². The molecule has 1 atom stereocenters. The number of fused-ring (bicyclic) bond motifs is 6. The molecule has 0 radical (unpaired) electrons. The van der Waals surface area contributed by atoms with Crippen LogP contribution in [0.1, 0.15) is 18.5 Å². The van der Waals surface area contributed by atoms with Crippen LogP contribution < -0.4 is 5.73 Å². The zero-order valence-corrected chi connectivity index (χ0v) is 19.3. The predicted octanol–water partition coefficient (Wildman–Crippen LogP) is 4.98. The number of aromatic nitrogens is 4. The van der Waals surface area contributed by atoms with Gasteiger partial charge in [-0.1, -0.05) is 49.0 Å². The highest BCUT2D eigenvalue weighted by Crippen LogP contribution is 2.48. The van der Waals surface area contributed by atoms with Crippen LogP contribution in [0.5, 0.6) is 0 Å². The topological polar surface area (TPSA) is 89.9 Å². The Morgan fingerprint density at radius 3 is 2.80 bits per heavy atom. The first kappa shape index (κ1) is 21.0. The number of likely N-dealkylation sites (N-methyl/N-ethyl adjacent to an activating group) is 1. The number of benzene rings is 2. The number of pyridine rings is 1. The Bertz CT molecular complexity index is 1640. The van der Waals surface area contributed by atoms with E-state index in [1.165, 1.54) is 12.4 Å². The van der Waals surface area contributed by atoms with Gasteiger partial charge in [0.25, 0.3) is 0 Å². The molecule has 1 aliphatic rings. The summed E-state index contributed by atoms with van der Waals surface area (Å²) in [6.07, 6.45) is 4.76. The number of carbonyl (C=O) groups excluding carboxylic acids is 1. The lowest BCUT2D eigenvalue weighted by molar-refractivity contribution is -0.128. The van der Waals surface area contributed by atoms with E-state index in [2.05, 4.69) is 45.4 Å². The average Bonchev–Trinajstić information content (AvgIpc) is 3.24. The van der Waals surface area contributed by atoms with Gasteiger partial charge in [0.2, 0.25) is 5.91 Å². The molecule has 172 valence electrons. The molecule has 0 bridgehead atoms. The summed E-state index contributed by atoms with van der Waals surface area (Å²) in [6.45, 7) is 6.81. The third kappa shape index (κ3) is 3.12. The van der Waals surface area contributed by atoms with Crippen LogP contribution in [0.4, 0.5) is 5.82 Å². The molecule has 0 aliphatic carbocycles. The van der Waals surface area contributed by atoms with Gasteiger partial charge < -0.3 is 15.2 Å². The van der Waals surface area contributed by atoms with E-state index in [-0.39, 0.29) is 11.9 Å². The fourth-order valence-corrected chi connectivity index (χ4v) is 5.33. The van der Waals surface area contributed by atoms with Crippen molar-refractivity contribution in [2.45, 2.75) is 19.5 Å². The molecule has 6 rings (SSSR count). The highest BCUT2D eigenvalue weighted by Gasteiger charge is 2.35. The minimum atomic E-state index is -0.163. The molecule has 0 fully saturated rings. The Hall–Kier alpha value is -4.52. The quantitative estimate of drug-likeness (QED) is 0.382. The second-order valence-electron chi connectivity index (χ2n) is 8.64. The van der Waals surface area contributed by atoms with Crippen LogP contribution in [-0.2, 0) is 11.3 Å². The molecule has 0 unspecified atom stereocenters. The summed E-state index contributed by atoms with van der Waals surface area (Å²) in [5.74, 6) is 0.323. The Balaban J connectivity index is 1.68. The smallest absolute Gasteiger partial charge is 0.246 e. The number of carbonyl (C=O) groups is 1. The first-order valence-corrected chi connectivity index (χ1v) is 11.6. The fourth-order valence-electron chi connectivity index (χ4n) is 5.33. The van der Waals surface area contributed by atoms with E-state index in [4.69, 9.17) is 10.7 Å². The molecule has 7 nitrogen and oxygen atoms in total. The molecule has 0 saturated carbocycles. The molecule has 2 N–H and O–H groups in total. The van der Waals surface area contributed by atoms with Crippen molar-refractivity contribution in [2.75, 3.05) is 12.3 Å². The summed E-state index contributed by atoms with van der Waals surface area (Å²) < 4.78 is 2.17. The molecule has 1 amide bonds. The van der Waals surface area contributed by atoms with Crippen LogP contribution >= 0.6 is 0 Å². The van der Waals surface area contributed by atoms with Crippen LogP contribution in [0, 0.1) is 0 Å². The number of amides is 1. The Kier molecular flexibility index (Phi) is 4.84. The minimum Gasteiger partial charge on any atom is -0.383 e. The standard InChI is InChI=1S/C28H24N6O/c1-3-23(35)33(4-2)22-15-34-26(20-11-7-6-10-19(20)22)24(25-27(29)31-16-32-28(25)34)18-13-17-9-5-8-12-21(17)30-14-18/h3,5-14,16,22H,1,4,15H2,2H3,(H2,29,31,32)/t22-/m1/s1. The van der Waals surface area contributed by atoms with Gasteiger partial charge in [0.05, 0.1) is 22.6 Å². The van der Waals surface area contributed by atoms with Crippen molar-refractivity contribution in [1.29, 1.82) is 0 Å². The summed E-state index contributed by atoms with van der Waals surface area (Å²) in [5.41, 5.74) is 13.2. The maximum absolute atomic E-state index is 12.8. The lowest BCUT2D eigenvalue weighted by atomic mass is 9.90. The van der Waals surface area contributed by atoms with Gasteiger partial charge in [-0.05, 0) is 30.7 Å². The minimum absolute atomic E-state index is 0.0969. The van der Waals surface area contributed by atoms with E-state index in [0.29, 0.717) is 18.9 Å². The van der Waals surface area contributed by atoms with E-state index in [0.717, 1.165) is 49.9 Å². The number of nitrogens with zero attached hydrogens (tertiary/aromatic N) is 5. The van der Waals surface area contributed by atoms with Gasteiger partial charge in [-0.2, -0.15) is 0 Å². The normalized spacial score (nSPS) is 14.5. The lowest BCUT2D eigenvalue weighted by Gasteiger charge is -2.36. The second-order valence-corrected chi connectivity index (χ2v) is 8.64. The number of rotatable bonds is 4. The number of nitrogen functional groups attached to an aromatic ring is 1. The van der Waals surface area contributed by atoms with Gasteiger partial charge >= 0.3 is 0 Å². The Morgan fingerprint density at radius 2 is 1.97 bits per heavy atom. The van der Waals surface area contributed by atoms with Crippen LogP contribution in [0.3, 0.4) is 0 Å². The molecule has 5 aromatic rings. The highest BCUT2D eigenvalue weighted by atomic mass is 16.2. The third-order valence-electron chi connectivity index (χ3n) is 6.85. The van der Waals surface area contributed by atoms with Crippen LogP contribution in [0.15, 0.2) is 79.8 Å². The van der Waals surface area contributed by atoms with Crippen LogP contribution in [0.2, 0.25) is 0 Å². The van der Waals surface area contributed by atoms with E-state index in [9.17, 15) is 4.79 Å². The number of hydrogen-bond donors (Lipinski definition) is 1. The van der Waals surface area contributed by atoms with Gasteiger partial charge in [0.1, 0.15) is 17.8 Å². The first-order valence-electron chi connectivity index (χ1n) is 11.6. The third-order valence-corrected chi connectivity index (χ3v) is 6.85. The van der Waals surface area contributed by atoms with Crippen LogP contribution in [-0.4, -0.2) is 36.9 Å². The van der Waals surface area contributed by atoms with Gasteiger partial charge in [-0.3, -0.25) is 9.78 Å². The Morgan fingerprint density at radius 1 is 1.17 bits per heavy atom. The SMILES string of the molecule is C=CC(=O)N(CC)[C@@H]1Cn2c(c(-c3cnc4ccccc4c3)c3c(N)ncnc32)-c2ccccc21. The molecule has 3 aromatic heterocycles. The summed E-state index contributed by atoms with van der Waals surface area (Å²) in [4.78, 5) is 28.3. The fraction of sp³-hybridized carbons (Fsp3) is 0.143. The van der Waals surface area contributed by atoms with Crippen molar-refractivity contribution in [3.8, 4) is 22.4 Å². The molecule has 7 heteroatoms. The summed E-state index contributed by atoms with van der Waals surface area (Å²) in [5, 5.41) is 1.84. The second kappa shape index (κ2) is 8.06. The maximum atomic E-state index is 12.8. The van der Waals surface area contributed by atoms with E-state index in [1.807, 2.05) is 48.4 Å². The monoisotopic (exact) mass is 460 g/mol. The number of hydrogen-bond acceptors (Lipinski definition) is 5. The number of nitrogens with two attached hydrogens (primary N) is 1. The van der Waals surface area contributed by atoms with E-state index in [1.54, 1.807) is 0 Å². The van der Waals surface area contributed by atoms with E-state index >= 15 is 0 Å². The largest absolute Gasteiger partial charge is 0.383 e. The summed E-state index contributed by atoms with van der Waals surface area (Å²) >= 11 is 0. The molecule has 0 saturated heterocycles. The van der Waals surface area contributed by atoms with E-state index < -0.39 is 0 Å². The molecular weight excluding hydrogens is 436 g/mol. The number of anilines is 1. The summed E-state index contributed by atoms with van der Waals surface area (Å²) in [7, 11) is 0. The molecule has 4 heterocycles. The number of para-hydroxylation sites is 1. The van der Waals surface area contributed by atoms with Crippen molar-refractivity contribution >= 4 is 33.7 Å². The van der Waals surface area contributed by atoms with Crippen molar-refractivity contribution < 1.29 is 4.79 Å². The zero-order chi connectivity index (χ0) is 24.1. The molecule has 1 aliphatic heterocycles. The average molecular weight is 461 g/mol. The highest BCUT2D eigenvalue weighted by molar-refractivity contribution is 6.09. The van der Waals surface area contributed by atoms with Crippen molar-refractivity contribution in [1.82, 2.24) is 24.4 Å². The van der Waals surface area contributed by atoms with Crippen molar-refractivity contribution in [3.05, 3.63) is 85.3 Å². The predicted molar refractivity (Wildman–Crippen MR) is 138 cm³/mol. The molecule has 35 heavy (non-hydrogen) atoms. The lowest BCUT2D eigenvalue weighted by Crippen LogP contribution is -2.37. The summed E-state index contributed by atoms with van der Waals surface area (Å²) in [6, 6.07) is 18.2. The van der Waals surface area contributed by atoms with Gasteiger partial charge in [-0.15, -0.1) is 0 Å². The molecular formula is C28H24N6O. The maximum Gasteiger partial charge on any atom is 0.246 e. The first-order chi connectivity index (χ1) is 17.1. The Labute approximate surface area is 202 Å². The van der Waals surface area contributed by atoms with Crippen LogP contribution in [0.25, 0.3) is 44.3 Å². The van der Waals surface area contributed by atoms with Crippen molar-refractivity contribution in [3.63, 3.8) is 0 Å². The van der Waals surface area contributed by atoms with Gasteiger partial charge in [0.15, 0.2) is 0 Å².